The van der Waals surface area contributed by atoms with Gasteiger partial charge < -0.3 is 24.7 Å². The van der Waals surface area contributed by atoms with Crippen molar-refractivity contribution >= 4 is 28.8 Å². The zero-order valence-corrected chi connectivity index (χ0v) is 20.8. The molecule has 0 saturated carbocycles. The third-order valence-corrected chi connectivity index (χ3v) is 6.41. The molecule has 36 heavy (non-hydrogen) atoms. The number of nitrogens with zero attached hydrogens (tertiary/aromatic N) is 3. The zero-order valence-electron chi connectivity index (χ0n) is 20.0. The van der Waals surface area contributed by atoms with E-state index in [4.69, 9.17) is 24.7 Å². The van der Waals surface area contributed by atoms with E-state index < -0.39 is 11.9 Å². The van der Waals surface area contributed by atoms with Gasteiger partial charge in [0.2, 0.25) is 5.88 Å². The Morgan fingerprint density at radius 3 is 2.61 bits per heavy atom. The fourth-order valence-corrected chi connectivity index (χ4v) is 4.66. The maximum Gasteiger partial charge on any atom is 0.338 e. The molecule has 0 bridgehead atoms. The number of esters is 1. The molecule has 1 unspecified atom stereocenters. The molecule has 9 nitrogen and oxygen atoms in total. The molecule has 1 aliphatic heterocycles. The summed E-state index contributed by atoms with van der Waals surface area (Å²) in [6.07, 6.45) is 1.66. The number of carbonyl (C=O) groups excluding carboxylic acids is 1. The van der Waals surface area contributed by atoms with Crippen molar-refractivity contribution in [2.75, 3.05) is 26.6 Å². The fraction of sp³-hybridized carbons (Fsp3) is 0.231. The summed E-state index contributed by atoms with van der Waals surface area (Å²) in [5.74, 6) is -0.0439. The minimum absolute atomic E-state index is 0.0782. The second kappa shape index (κ2) is 11.0. The van der Waals surface area contributed by atoms with E-state index in [9.17, 15) is 10.1 Å². The van der Waals surface area contributed by atoms with E-state index in [2.05, 4.69) is 16.0 Å². The Balaban J connectivity index is 1.77. The van der Waals surface area contributed by atoms with Crippen LogP contribution in [0.5, 0.6) is 11.5 Å². The number of nitriles is 1. The lowest BCUT2D eigenvalue weighted by Gasteiger charge is -2.28. The summed E-state index contributed by atoms with van der Waals surface area (Å²) in [5, 5.41) is 10.6. The maximum absolute atomic E-state index is 13.2. The minimum atomic E-state index is -0.819. The Labute approximate surface area is 212 Å². The summed E-state index contributed by atoms with van der Waals surface area (Å²) in [4.78, 5) is 22.2. The number of allylic oxidation sites excluding steroid dienone is 1. The van der Waals surface area contributed by atoms with E-state index in [1.807, 2.05) is 24.3 Å². The summed E-state index contributed by atoms with van der Waals surface area (Å²) < 4.78 is 22.0. The molecule has 0 fully saturated rings. The lowest BCUT2D eigenvalue weighted by atomic mass is 9.83. The number of para-hydroxylation sites is 2. The summed E-state index contributed by atoms with van der Waals surface area (Å²) in [6.45, 7) is 1.86. The molecule has 0 amide bonds. The number of hydrogen-bond donors (Lipinski definition) is 1. The second-order valence-corrected chi connectivity index (χ2v) is 8.58. The van der Waals surface area contributed by atoms with Crippen molar-refractivity contribution in [2.45, 2.75) is 17.9 Å². The molecule has 2 N–H and O–H groups in total. The van der Waals surface area contributed by atoms with Crippen LogP contribution in [0.25, 0.3) is 11.0 Å². The van der Waals surface area contributed by atoms with E-state index in [1.165, 1.54) is 26.0 Å². The second-order valence-electron chi connectivity index (χ2n) is 7.58. The van der Waals surface area contributed by atoms with Gasteiger partial charge in [0.1, 0.15) is 22.4 Å². The van der Waals surface area contributed by atoms with Crippen LogP contribution in [0.1, 0.15) is 18.4 Å². The molecule has 184 valence electrons. The van der Waals surface area contributed by atoms with Crippen LogP contribution in [-0.4, -0.2) is 42.5 Å². The molecule has 1 aliphatic rings. The highest BCUT2D eigenvalue weighted by molar-refractivity contribution is 7.99. The molecular formula is C26H24N4O5S. The monoisotopic (exact) mass is 504 g/mol. The van der Waals surface area contributed by atoms with Crippen molar-refractivity contribution in [3.63, 3.8) is 0 Å². The molecule has 2 heterocycles. The average Bonchev–Trinajstić information content (AvgIpc) is 2.90. The molecule has 1 atom stereocenters. The molecule has 10 heteroatoms. The van der Waals surface area contributed by atoms with Gasteiger partial charge in [-0.25, -0.2) is 9.78 Å². The van der Waals surface area contributed by atoms with E-state index in [-0.39, 0.29) is 35.1 Å². The van der Waals surface area contributed by atoms with Crippen molar-refractivity contribution in [1.29, 1.82) is 5.26 Å². The van der Waals surface area contributed by atoms with Crippen LogP contribution in [0.4, 0.5) is 0 Å². The number of rotatable bonds is 8. The first-order valence-corrected chi connectivity index (χ1v) is 12.0. The first kappa shape index (κ1) is 24.9. The van der Waals surface area contributed by atoms with Gasteiger partial charge in [-0.1, -0.05) is 30.0 Å². The number of aromatic nitrogens is 2. The summed E-state index contributed by atoms with van der Waals surface area (Å²) in [5.41, 5.74) is 8.60. The average molecular weight is 505 g/mol. The van der Waals surface area contributed by atoms with Gasteiger partial charge in [0.05, 0.1) is 55.3 Å². The standard InChI is InChI=1S/C26H24N4O5S/c1-4-34-26(31)24-21(14-36-22-13-29-17-7-5-6-8-18(17)30-22)35-25(28)16(12-27)23(24)15-9-10-19(32-2)20(11-15)33-3/h5-11,13,23H,4,14,28H2,1-3H3. The van der Waals surface area contributed by atoms with Crippen LogP contribution >= 0.6 is 11.8 Å². The Hall–Kier alpha value is -4.23. The first-order valence-electron chi connectivity index (χ1n) is 11.0. The largest absolute Gasteiger partial charge is 0.493 e. The van der Waals surface area contributed by atoms with Gasteiger partial charge in [-0.15, -0.1) is 0 Å². The summed E-state index contributed by atoms with van der Waals surface area (Å²) in [6, 6.07) is 14.8. The van der Waals surface area contributed by atoms with E-state index >= 15 is 0 Å². The van der Waals surface area contributed by atoms with Gasteiger partial charge in [-0.2, -0.15) is 5.26 Å². The van der Waals surface area contributed by atoms with Crippen molar-refractivity contribution in [3.8, 4) is 17.6 Å². The normalized spacial score (nSPS) is 15.3. The zero-order chi connectivity index (χ0) is 25.7. The van der Waals surface area contributed by atoms with Gasteiger partial charge in [0, 0.05) is 0 Å². The van der Waals surface area contributed by atoms with E-state index in [1.54, 1.807) is 31.3 Å². The number of fused-ring (bicyclic) bond motifs is 1. The number of nitrogens with two attached hydrogens (primary N) is 1. The first-order chi connectivity index (χ1) is 17.5. The van der Waals surface area contributed by atoms with Crippen LogP contribution in [0.2, 0.25) is 0 Å². The van der Waals surface area contributed by atoms with Crippen LogP contribution in [-0.2, 0) is 14.3 Å². The Morgan fingerprint density at radius 2 is 1.92 bits per heavy atom. The highest BCUT2D eigenvalue weighted by Gasteiger charge is 2.38. The smallest absolute Gasteiger partial charge is 0.338 e. The summed E-state index contributed by atoms with van der Waals surface area (Å²) >= 11 is 1.33. The highest BCUT2D eigenvalue weighted by atomic mass is 32.2. The lowest BCUT2D eigenvalue weighted by molar-refractivity contribution is -0.139. The molecular weight excluding hydrogens is 480 g/mol. The number of benzene rings is 2. The Bertz CT molecular complexity index is 1410. The van der Waals surface area contributed by atoms with E-state index in [0.717, 1.165) is 11.0 Å². The van der Waals surface area contributed by atoms with Gasteiger partial charge in [-0.05, 0) is 36.8 Å². The topological polar surface area (TPSA) is 130 Å². The lowest BCUT2D eigenvalue weighted by Crippen LogP contribution is -2.27. The fourth-order valence-electron chi connectivity index (χ4n) is 3.87. The van der Waals surface area contributed by atoms with Crippen molar-refractivity contribution in [2.24, 2.45) is 5.73 Å². The third-order valence-electron chi connectivity index (χ3n) is 5.51. The number of thioether (sulfide) groups is 1. The van der Waals surface area contributed by atoms with Gasteiger partial charge in [-0.3, -0.25) is 4.98 Å². The molecule has 2 aromatic carbocycles. The van der Waals surface area contributed by atoms with Crippen molar-refractivity contribution in [1.82, 2.24) is 9.97 Å². The van der Waals surface area contributed by atoms with Crippen molar-refractivity contribution < 1.29 is 23.7 Å². The minimum Gasteiger partial charge on any atom is -0.493 e. The third kappa shape index (κ3) is 4.92. The summed E-state index contributed by atoms with van der Waals surface area (Å²) in [7, 11) is 3.04. The van der Waals surface area contributed by atoms with Crippen LogP contribution in [0.3, 0.4) is 0 Å². The van der Waals surface area contributed by atoms with Crippen LogP contribution < -0.4 is 15.2 Å². The molecule has 0 spiro atoms. The SMILES string of the molecule is CCOC(=O)C1=C(CSc2cnc3ccccc3n2)OC(N)=C(C#N)C1c1ccc(OC)c(OC)c1. The van der Waals surface area contributed by atoms with Crippen LogP contribution in [0, 0.1) is 11.3 Å². The predicted octanol–water partition coefficient (Wildman–Crippen LogP) is 4.06. The molecule has 3 aromatic rings. The van der Waals surface area contributed by atoms with Crippen LogP contribution in [0.15, 0.2) is 76.5 Å². The highest BCUT2D eigenvalue weighted by Crippen LogP contribution is 2.43. The molecule has 4 rings (SSSR count). The molecule has 1 aromatic heterocycles. The number of ether oxygens (including phenoxy) is 4. The number of hydrogen-bond acceptors (Lipinski definition) is 10. The van der Waals surface area contributed by atoms with Gasteiger partial charge in [0.15, 0.2) is 11.5 Å². The van der Waals surface area contributed by atoms with Gasteiger partial charge in [0.25, 0.3) is 0 Å². The molecule has 0 saturated heterocycles. The van der Waals surface area contributed by atoms with Gasteiger partial charge >= 0.3 is 5.97 Å². The Kier molecular flexibility index (Phi) is 7.61. The molecule has 0 aliphatic carbocycles. The Morgan fingerprint density at radius 1 is 1.17 bits per heavy atom. The quantitative estimate of drug-likeness (QED) is 0.354. The predicted molar refractivity (Wildman–Crippen MR) is 134 cm³/mol. The van der Waals surface area contributed by atoms with Crippen molar-refractivity contribution in [3.05, 3.63) is 77.0 Å². The number of methoxy groups -OCH3 is 2. The number of carbonyl (C=O) groups is 1. The maximum atomic E-state index is 13.2. The van der Waals surface area contributed by atoms with E-state index in [0.29, 0.717) is 22.1 Å². The molecule has 0 radical (unpaired) electrons.